The van der Waals surface area contributed by atoms with Crippen molar-refractivity contribution in [3.63, 3.8) is 0 Å². The summed E-state index contributed by atoms with van der Waals surface area (Å²) in [5.41, 5.74) is 3.13. The summed E-state index contributed by atoms with van der Waals surface area (Å²) >= 11 is 0. The quantitative estimate of drug-likeness (QED) is 0.195. The van der Waals surface area contributed by atoms with Crippen molar-refractivity contribution >= 4 is 18.4 Å². The Bertz CT molecular complexity index is 1310. The Labute approximate surface area is 297 Å². The fourth-order valence-corrected chi connectivity index (χ4v) is 17.2. The molecule has 5 aliphatic carbocycles. The van der Waals surface area contributed by atoms with Crippen LogP contribution in [0.15, 0.2) is 72.8 Å². The van der Waals surface area contributed by atoms with Crippen molar-refractivity contribution in [3.8, 4) is 0 Å². The van der Waals surface area contributed by atoms with E-state index in [-0.39, 0.29) is 0 Å². The molecule has 0 saturated heterocycles. The number of benzene rings is 2. The molecule has 48 heavy (non-hydrogen) atoms. The smallest absolute Gasteiger partial charge is 0.100 e. The van der Waals surface area contributed by atoms with Gasteiger partial charge in [0.25, 0.3) is 0 Å². The summed E-state index contributed by atoms with van der Waals surface area (Å²) in [4.78, 5) is 0. The van der Waals surface area contributed by atoms with Gasteiger partial charge in [0.1, 0.15) is 8.07 Å². The van der Waals surface area contributed by atoms with Crippen LogP contribution < -0.4 is 10.4 Å². The molecule has 2 aromatic rings. The van der Waals surface area contributed by atoms with E-state index in [0.29, 0.717) is 16.2 Å². The van der Waals surface area contributed by atoms with E-state index in [1.165, 1.54) is 69.4 Å². The second kappa shape index (κ2) is 13.2. The largest absolute Gasteiger partial charge is 0.119 e. The summed E-state index contributed by atoms with van der Waals surface area (Å²) in [6, 6.07) is 24.1. The Morgan fingerprint density at radius 3 is 1.60 bits per heavy atom. The van der Waals surface area contributed by atoms with Gasteiger partial charge < -0.3 is 0 Å². The van der Waals surface area contributed by atoms with Crippen molar-refractivity contribution in [2.75, 3.05) is 0 Å². The SMILES string of the molecule is C=C(CC1CCC(C2(C3C4CCC(C(C)(C)C)CC4C4CC(C(C)(C)C)CCC43)CCC2)C1)C[Si](C)(c1ccccc1)c1ccccc1. The number of fused-ring (bicyclic) bond motifs is 3. The molecule has 0 aromatic heterocycles. The van der Waals surface area contributed by atoms with E-state index in [2.05, 4.69) is 109 Å². The molecule has 2 aromatic carbocycles. The average Bonchev–Trinajstić information content (AvgIpc) is 3.63. The molecule has 0 amide bonds. The molecule has 1 heteroatoms. The molecule has 8 unspecified atom stereocenters. The highest BCUT2D eigenvalue weighted by Crippen LogP contribution is 2.71. The van der Waals surface area contributed by atoms with Crippen LogP contribution in [0.2, 0.25) is 12.6 Å². The van der Waals surface area contributed by atoms with E-state index in [4.69, 9.17) is 6.58 Å². The summed E-state index contributed by atoms with van der Waals surface area (Å²) in [5, 5.41) is 3.12. The fraction of sp³-hybridized carbons (Fsp3) is 0.702. The molecular weight excluding hydrogens is 593 g/mol. The monoisotopic (exact) mass is 663 g/mol. The van der Waals surface area contributed by atoms with Crippen LogP contribution in [0, 0.1) is 69.5 Å². The molecule has 0 heterocycles. The number of hydrogen-bond donors (Lipinski definition) is 0. The number of hydrogen-bond acceptors (Lipinski definition) is 0. The van der Waals surface area contributed by atoms with E-state index >= 15 is 0 Å². The predicted molar refractivity (Wildman–Crippen MR) is 210 cm³/mol. The summed E-state index contributed by atoms with van der Waals surface area (Å²) < 4.78 is 0. The maximum Gasteiger partial charge on any atom is 0.119 e. The van der Waals surface area contributed by atoms with Crippen LogP contribution in [0.5, 0.6) is 0 Å². The first-order chi connectivity index (χ1) is 22.8. The minimum Gasteiger partial charge on any atom is -0.100 e. The van der Waals surface area contributed by atoms with Gasteiger partial charge in [-0.1, -0.05) is 131 Å². The van der Waals surface area contributed by atoms with Crippen LogP contribution in [0.3, 0.4) is 0 Å². The second-order valence-electron chi connectivity index (χ2n) is 20.6. The third kappa shape index (κ3) is 6.39. The van der Waals surface area contributed by atoms with Crippen molar-refractivity contribution in [1.82, 2.24) is 0 Å². The first-order valence-corrected chi connectivity index (χ1v) is 23.3. The topological polar surface area (TPSA) is 0 Å². The Balaban J connectivity index is 1.09. The van der Waals surface area contributed by atoms with Gasteiger partial charge in [-0.15, -0.1) is 6.58 Å². The molecule has 5 fully saturated rings. The first kappa shape index (κ1) is 34.8. The zero-order valence-corrected chi connectivity index (χ0v) is 33.1. The Kier molecular flexibility index (Phi) is 9.56. The van der Waals surface area contributed by atoms with Gasteiger partial charge in [0.15, 0.2) is 0 Å². The maximum atomic E-state index is 4.85. The lowest BCUT2D eigenvalue weighted by Crippen LogP contribution is -2.55. The molecule has 5 saturated carbocycles. The number of rotatable bonds is 8. The molecule has 8 atom stereocenters. The average molecular weight is 663 g/mol. The van der Waals surface area contributed by atoms with Crippen LogP contribution in [0.25, 0.3) is 0 Å². The molecular formula is C47H70Si. The lowest BCUT2D eigenvalue weighted by molar-refractivity contribution is -0.0731. The van der Waals surface area contributed by atoms with Crippen LogP contribution in [-0.4, -0.2) is 8.07 Å². The third-order valence-corrected chi connectivity index (χ3v) is 20.6. The van der Waals surface area contributed by atoms with Crippen molar-refractivity contribution in [2.24, 2.45) is 69.5 Å². The predicted octanol–water partition coefficient (Wildman–Crippen LogP) is 12.2. The van der Waals surface area contributed by atoms with E-state index in [1.807, 2.05) is 0 Å². The lowest BCUT2D eigenvalue weighted by atomic mass is 9.48. The summed E-state index contributed by atoms with van der Waals surface area (Å²) in [6.45, 7) is 22.7. The standard InChI is InChI=1S/C47H70Si/c1-33(32-48(8,38-16-11-9-12-17-38)39-18-13-10-14-19-39)28-34-20-21-37(29-34)47(26-15-27-47)44-40-24-22-35(45(2,3)4)30-42(40)43-31-36(46(5,6)7)23-25-41(43)44/h9-14,16-19,34-37,40-44H,1,15,20-32H2,2-8H3. The maximum absolute atomic E-state index is 4.85. The highest BCUT2D eigenvalue weighted by atomic mass is 28.3. The van der Waals surface area contributed by atoms with Gasteiger partial charge in [-0.05, 0) is 153 Å². The molecule has 7 rings (SSSR count). The van der Waals surface area contributed by atoms with Crippen molar-refractivity contribution < 1.29 is 0 Å². The third-order valence-electron chi connectivity index (χ3n) is 16.1. The van der Waals surface area contributed by atoms with E-state index < -0.39 is 8.07 Å². The summed E-state index contributed by atoms with van der Waals surface area (Å²) in [6.07, 6.45) is 19.5. The molecule has 0 bridgehead atoms. The van der Waals surface area contributed by atoms with Crippen LogP contribution in [0.4, 0.5) is 0 Å². The van der Waals surface area contributed by atoms with E-state index in [9.17, 15) is 0 Å². The highest BCUT2D eigenvalue weighted by molar-refractivity contribution is 7.01. The van der Waals surface area contributed by atoms with Crippen LogP contribution >= 0.6 is 0 Å². The van der Waals surface area contributed by atoms with Gasteiger partial charge in [-0.25, -0.2) is 0 Å². The second-order valence-corrected chi connectivity index (χ2v) is 24.8. The van der Waals surface area contributed by atoms with Crippen molar-refractivity contribution in [1.29, 1.82) is 0 Å². The van der Waals surface area contributed by atoms with Gasteiger partial charge in [-0.2, -0.15) is 0 Å². The van der Waals surface area contributed by atoms with Gasteiger partial charge >= 0.3 is 0 Å². The Morgan fingerprint density at radius 1 is 0.667 bits per heavy atom. The molecule has 0 radical (unpaired) electrons. The molecule has 0 aliphatic heterocycles. The first-order valence-electron chi connectivity index (χ1n) is 20.6. The van der Waals surface area contributed by atoms with Gasteiger partial charge in [0.2, 0.25) is 0 Å². The normalized spacial score (nSPS) is 35.0. The zero-order chi connectivity index (χ0) is 33.9. The lowest BCUT2D eigenvalue weighted by Gasteiger charge is -2.56. The van der Waals surface area contributed by atoms with Crippen molar-refractivity contribution in [3.05, 3.63) is 72.8 Å². The molecule has 0 spiro atoms. The minimum atomic E-state index is -1.88. The van der Waals surface area contributed by atoms with Crippen LogP contribution in [-0.2, 0) is 0 Å². The summed E-state index contributed by atoms with van der Waals surface area (Å²) in [7, 11) is -1.88. The number of allylic oxidation sites excluding steroid dienone is 1. The molecule has 5 aliphatic rings. The minimum absolute atomic E-state index is 0.464. The van der Waals surface area contributed by atoms with Crippen molar-refractivity contribution in [2.45, 2.75) is 138 Å². The molecule has 0 nitrogen and oxygen atoms in total. The van der Waals surface area contributed by atoms with Crippen LogP contribution in [0.1, 0.15) is 125 Å². The molecule has 0 N–H and O–H groups in total. The summed E-state index contributed by atoms with van der Waals surface area (Å²) in [5.74, 6) is 8.77. The highest BCUT2D eigenvalue weighted by Gasteiger charge is 2.63. The van der Waals surface area contributed by atoms with Gasteiger partial charge in [0.05, 0.1) is 0 Å². The Hall–Kier alpha value is -1.60. The van der Waals surface area contributed by atoms with E-state index in [1.54, 1.807) is 36.1 Å². The zero-order valence-electron chi connectivity index (χ0n) is 32.1. The fourth-order valence-electron chi connectivity index (χ4n) is 13.4. The van der Waals surface area contributed by atoms with Gasteiger partial charge in [-0.3, -0.25) is 0 Å². The molecule has 262 valence electrons. The Morgan fingerprint density at radius 2 is 1.17 bits per heavy atom. The van der Waals surface area contributed by atoms with E-state index in [0.717, 1.165) is 53.3 Å². The van der Waals surface area contributed by atoms with Gasteiger partial charge in [0, 0.05) is 0 Å².